The van der Waals surface area contributed by atoms with Crippen LogP contribution in [0.4, 0.5) is 20.7 Å². The standard InChI is InChI=1S/C18H21FN4O/c1-13-5-6-15(19)16(12-13)22-18(24)21-14-7-10-23(11-8-14)17-4-2-3-9-20-17/h2-6,9,12,14H,7-8,10-11H2,1H3,(H2,21,22,24). The SMILES string of the molecule is Cc1ccc(F)c(NC(=O)NC2CCN(c3ccccn3)CC2)c1. The van der Waals surface area contributed by atoms with Gasteiger partial charge in [0.15, 0.2) is 0 Å². The molecule has 0 bridgehead atoms. The van der Waals surface area contributed by atoms with Crippen LogP contribution >= 0.6 is 0 Å². The van der Waals surface area contributed by atoms with Crippen molar-refractivity contribution in [2.75, 3.05) is 23.3 Å². The van der Waals surface area contributed by atoms with Crippen LogP contribution < -0.4 is 15.5 Å². The first kappa shape index (κ1) is 16.2. The molecule has 1 saturated heterocycles. The molecule has 2 N–H and O–H groups in total. The highest BCUT2D eigenvalue weighted by Gasteiger charge is 2.21. The van der Waals surface area contributed by atoms with Crippen molar-refractivity contribution in [1.29, 1.82) is 0 Å². The summed E-state index contributed by atoms with van der Waals surface area (Å²) in [4.78, 5) is 18.6. The summed E-state index contributed by atoms with van der Waals surface area (Å²) >= 11 is 0. The first-order chi connectivity index (χ1) is 11.6. The molecule has 2 amide bonds. The first-order valence-corrected chi connectivity index (χ1v) is 8.11. The smallest absolute Gasteiger partial charge is 0.319 e. The maximum absolute atomic E-state index is 13.7. The predicted octanol–water partition coefficient (Wildman–Crippen LogP) is 3.32. The molecule has 1 aliphatic heterocycles. The third-order valence-corrected chi connectivity index (χ3v) is 4.17. The van der Waals surface area contributed by atoms with Crippen LogP contribution in [-0.2, 0) is 0 Å². The Kier molecular flexibility index (Phi) is 4.93. The number of halogens is 1. The highest BCUT2D eigenvalue weighted by atomic mass is 19.1. The van der Waals surface area contributed by atoms with Crippen molar-refractivity contribution in [2.45, 2.75) is 25.8 Å². The van der Waals surface area contributed by atoms with Gasteiger partial charge < -0.3 is 15.5 Å². The Morgan fingerprint density at radius 1 is 1.25 bits per heavy atom. The number of aryl methyl sites for hydroxylation is 1. The monoisotopic (exact) mass is 328 g/mol. The number of rotatable bonds is 3. The number of amides is 2. The number of pyridine rings is 1. The van der Waals surface area contributed by atoms with E-state index in [-0.39, 0.29) is 17.8 Å². The molecule has 0 saturated carbocycles. The van der Waals surface area contributed by atoms with Crippen LogP contribution in [0.15, 0.2) is 42.6 Å². The van der Waals surface area contributed by atoms with Crippen molar-refractivity contribution in [3.05, 3.63) is 54.0 Å². The Hall–Kier alpha value is -2.63. The van der Waals surface area contributed by atoms with Gasteiger partial charge >= 0.3 is 6.03 Å². The molecule has 0 unspecified atom stereocenters. The van der Waals surface area contributed by atoms with E-state index in [4.69, 9.17) is 0 Å². The maximum Gasteiger partial charge on any atom is 0.319 e. The summed E-state index contributed by atoms with van der Waals surface area (Å²) in [5.74, 6) is 0.531. The normalized spacial score (nSPS) is 15.2. The Morgan fingerprint density at radius 2 is 2.04 bits per heavy atom. The number of aromatic nitrogens is 1. The fourth-order valence-electron chi connectivity index (χ4n) is 2.87. The van der Waals surface area contributed by atoms with Crippen LogP contribution in [0.1, 0.15) is 18.4 Å². The van der Waals surface area contributed by atoms with Crippen LogP contribution in [0, 0.1) is 12.7 Å². The molecule has 1 aliphatic rings. The van der Waals surface area contributed by atoms with Gasteiger partial charge in [-0.3, -0.25) is 0 Å². The average molecular weight is 328 g/mol. The van der Waals surface area contributed by atoms with Crippen molar-refractivity contribution in [3.63, 3.8) is 0 Å². The summed E-state index contributed by atoms with van der Waals surface area (Å²) in [6, 6.07) is 10.2. The summed E-state index contributed by atoms with van der Waals surface area (Å²) in [5.41, 5.74) is 1.11. The van der Waals surface area contributed by atoms with E-state index in [9.17, 15) is 9.18 Å². The highest BCUT2D eigenvalue weighted by Crippen LogP contribution is 2.18. The molecular weight excluding hydrogens is 307 g/mol. The molecule has 1 fully saturated rings. The van der Waals surface area contributed by atoms with Gasteiger partial charge in [-0.15, -0.1) is 0 Å². The molecule has 0 atom stereocenters. The number of carbonyl (C=O) groups excluding carboxylic acids is 1. The molecule has 0 radical (unpaired) electrons. The number of benzene rings is 1. The Balaban J connectivity index is 1.51. The largest absolute Gasteiger partial charge is 0.356 e. The minimum absolute atomic E-state index is 0.0813. The van der Waals surface area contributed by atoms with Gasteiger partial charge in [0, 0.05) is 25.3 Å². The second kappa shape index (κ2) is 7.29. The third-order valence-electron chi connectivity index (χ3n) is 4.17. The lowest BCUT2D eigenvalue weighted by Crippen LogP contribution is -2.46. The van der Waals surface area contributed by atoms with E-state index in [2.05, 4.69) is 20.5 Å². The van der Waals surface area contributed by atoms with Crippen LogP contribution in [0.3, 0.4) is 0 Å². The van der Waals surface area contributed by atoms with E-state index in [0.29, 0.717) is 0 Å². The fourth-order valence-corrected chi connectivity index (χ4v) is 2.87. The molecule has 24 heavy (non-hydrogen) atoms. The molecule has 3 rings (SSSR count). The van der Waals surface area contributed by atoms with Gasteiger partial charge in [-0.25, -0.2) is 14.2 Å². The number of piperidine rings is 1. The zero-order valence-corrected chi connectivity index (χ0v) is 13.6. The number of carbonyl (C=O) groups is 1. The van der Waals surface area contributed by atoms with Crippen molar-refractivity contribution in [1.82, 2.24) is 10.3 Å². The Labute approximate surface area is 140 Å². The van der Waals surface area contributed by atoms with Crippen molar-refractivity contribution < 1.29 is 9.18 Å². The minimum Gasteiger partial charge on any atom is -0.356 e. The van der Waals surface area contributed by atoms with E-state index in [0.717, 1.165) is 37.3 Å². The number of nitrogens with one attached hydrogen (secondary N) is 2. The van der Waals surface area contributed by atoms with Gasteiger partial charge in [0.25, 0.3) is 0 Å². The number of anilines is 2. The predicted molar refractivity (Wildman–Crippen MR) is 92.8 cm³/mol. The quantitative estimate of drug-likeness (QED) is 0.909. The van der Waals surface area contributed by atoms with E-state index in [1.807, 2.05) is 25.1 Å². The summed E-state index contributed by atoms with van der Waals surface area (Å²) in [7, 11) is 0. The maximum atomic E-state index is 13.7. The van der Waals surface area contributed by atoms with Gasteiger partial charge in [-0.05, 0) is 49.6 Å². The van der Waals surface area contributed by atoms with E-state index >= 15 is 0 Å². The summed E-state index contributed by atoms with van der Waals surface area (Å²) in [5, 5.41) is 5.51. The highest BCUT2D eigenvalue weighted by molar-refractivity contribution is 5.89. The van der Waals surface area contributed by atoms with Gasteiger partial charge in [0.2, 0.25) is 0 Å². The van der Waals surface area contributed by atoms with Gasteiger partial charge in [0.1, 0.15) is 11.6 Å². The summed E-state index contributed by atoms with van der Waals surface area (Å²) in [6.07, 6.45) is 3.45. The lowest BCUT2D eigenvalue weighted by molar-refractivity contribution is 0.246. The molecule has 6 heteroatoms. The van der Waals surface area contributed by atoms with Gasteiger partial charge in [-0.2, -0.15) is 0 Å². The van der Waals surface area contributed by atoms with Gasteiger partial charge in [0.05, 0.1) is 5.69 Å². The zero-order chi connectivity index (χ0) is 16.9. The molecule has 5 nitrogen and oxygen atoms in total. The minimum atomic E-state index is -0.430. The molecule has 1 aromatic heterocycles. The zero-order valence-electron chi connectivity index (χ0n) is 13.6. The lowest BCUT2D eigenvalue weighted by Gasteiger charge is -2.33. The number of hydrogen-bond acceptors (Lipinski definition) is 3. The second-order valence-electron chi connectivity index (χ2n) is 6.03. The Bertz CT molecular complexity index is 699. The van der Waals surface area contributed by atoms with E-state index < -0.39 is 5.82 Å². The van der Waals surface area contributed by atoms with Crippen LogP contribution in [0.5, 0.6) is 0 Å². The summed E-state index contributed by atoms with van der Waals surface area (Å²) < 4.78 is 13.7. The van der Waals surface area contributed by atoms with Crippen molar-refractivity contribution >= 4 is 17.5 Å². The molecule has 126 valence electrons. The van der Waals surface area contributed by atoms with E-state index in [1.54, 1.807) is 18.3 Å². The van der Waals surface area contributed by atoms with Gasteiger partial charge in [-0.1, -0.05) is 12.1 Å². The van der Waals surface area contributed by atoms with Crippen LogP contribution in [0.25, 0.3) is 0 Å². The topological polar surface area (TPSA) is 57.3 Å². The number of hydrogen-bond donors (Lipinski definition) is 2. The van der Waals surface area contributed by atoms with Crippen molar-refractivity contribution in [3.8, 4) is 0 Å². The lowest BCUT2D eigenvalue weighted by atomic mass is 10.1. The van der Waals surface area contributed by atoms with E-state index in [1.165, 1.54) is 6.07 Å². The molecule has 0 spiro atoms. The summed E-state index contributed by atoms with van der Waals surface area (Å²) in [6.45, 7) is 3.53. The third kappa shape index (κ3) is 4.01. The molecule has 2 heterocycles. The Morgan fingerprint density at radius 3 is 2.75 bits per heavy atom. The van der Waals surface area contributed by atoms with Crippen LogP contribution in [-0.4, -0.2) is 30.1 Å². The second-order valence-corrected chi connectivity index (χ2v) is 6.03. The van der Waals surface area contributed by atoms with Crippen molar-refractivity contribution in [2.24, 2.45) is 0 Å². The molecule has 2 aromatic rings. The number of nitrogens with zero attached hydrogens (tertiary/aromatic N) is 2. The first-order valence-electron chi connectivity index (χ1n) is 8.11. The van der Waals surface area contributed by atoms with Crippen LogP contribution in [0.2, 0.25) is 0 Å². The molecule has 0 aliphatic carbocycles. The fraction of sp³-hybridized carbons (Fsp3) is 0.333. The molecule has 1 aromatic carbocycles. The number of urea groups is 1. The average Bonchev–Trinajstić information content (AvgIpc) is 2.59. The molecular formula is C18H21FN4O.